The highest BCUT2D eigenvalue weighted by molar-refractivity contribution is 5.72. The Balaban J connectivity index is 2.53. The Kier molecular flexibility index (Phi) is 2.84. The number of hydrogen-bond donors (Lipinski definition) is 1. The average Bonchev–Trinajstić information content (AvgIpc) is 2.40. The van der Waals surface area contributed by atoms with Crippen LogP contribution in [0.25, 0.3) is 0 Å². The molecule has 0 fully saturated rings. The number of aliphatic hydroxyl groups is 1. The van der Waals surface area contributed by atoms with Gasteiger partial charge in [-0.2, -0.15) is 0 Å². The Bertz CT molecular complexity index is 423. The quantitative estimate of drug-likeness (QED) is 0.791. The minimum atomic E-state index is -1.55. The first kappa shape index (κ1) is 10.6. The zero-order valence-corrected chi connectivity index (χ0v) is 8.71. The van der Waals surface area contributed by atoms with Crippen LogP contribution in [-0.2, 0) is 10.4 Å². The second kappa shape index (κ2) is 4.29. The van der Waals surface area contributed by atoms with Gasteiger partial charge in [-0.3, -0.25) is 4.79 Å². The fourth-order valence-electron chi connectivity index (χ4n) is 1.69. The maximum atomic E-state index is 11.2. The van der Waals surface area contributed by atoms with E-state index in [4.69, 9.17) is 0 Å². The highest BCUT2D eigenvalue weighted by Crippen LogP contribution is 2.26. The minimum Gasteiger partial charge on any atom is -0.373 e. The first-order valence-corrected chi connectivity index (χ1v) is 5.07. The summed E-state index contributed by atoms with van der Waals surface area (Å²) >= 11 is 0. The van der Waals surface area contributed by atoms with Gasteiger partial charge in [0, 0.05) is 0 Å². The first-order chi connectivity index (χ1) is 7.77. The van der Waals surface area contributed by atoms with E-state index in [1.165, 1.54) is 0 Å². The summed E-state index contributed by atoms with van der Waals surface area (Å²) in [5.74, 6) is 0. The van der Waals surface area contributed by atoms with E-state index >= 15 is 0 Å². The molecule has 0 radical (unpaired) electrons. The smallest absolute Gasteiger partial charge is 0.170 e. The third-order valence-electron chi connectivity index (χ3n) is 2.60. The third kappa shape index (κ3) is 1.75. The normalized spacial score (nSPS) is 11.1. The number of carbonyl (C=O) groups is 1. The molecule has 0 saturated carbocycles. The van der Waals surface area contributed by atoms with Crippen molar-refractivity contribution in [3.63, 3.8) is 0 Å². The van der Waals surface area contributed by atoms with Gasteiger partial charge in [-0.15, -0.1) is 0 Å². The summed E-state index contributed by atoms with van der Waals surface area (Å²) < 4.78 is 0. The molecule has 2 nitrogen and oxygen atoms in total. The van der Waals surface area contributed by atoms with Crippen LogP contribution in [0.4, 0.5) is 0 Å². The Morgan fingerprint density at radius 2 is 1.19 bits per heavy atom. The highest BCUT2D eigenvalue weighted by atomic mass is 16.3. The molecule has 0 aromatic heterocycles. The average molecular weight is 212 g/mol. The lowest BCUT2D eigenvalue weighted by atomic mass is 9.88. The minimum absolute atomic E-state index is 0.567. The molecule has 80 valence electrons. The molecule has 0 amide bonds. The maximum absolute atomic E-state index is 11.2. The van der Waals surface area contributed by atoms with Crippen LogP contribution in [-0.4, -0.2) is 11.4 Å². The molecule has 2 rings (SSSR count). The Morgan fingerprint density at radius 3 is 1.50 bits per heavy atom. The molecule has 0 unspecified atom stereocenters. The van der Waals surface area contributed by atoms with Crippen LogP contribution in [0.1, 0.15) is 11.1 Å². The standard InChI is InChI=1S/C14H12O2/c15-11-14(16,12-7-3-1-4-8-12)13-9-5-2-6-10-13/h1-11,16H. The van der Waals surface area contributed by atoms with Gasteiger partial charge in [0.05, 0.1) is 0 Å². The molecule has 2 aromatic rings. The lowest BCUT2D eigenvalue weighted by molar-refractivity contribution is -0.121. The summed E-state index contributed by atoms with van der Waals surface area (Å²) in [5, 5.41) is 10.4. The molecule has 0 atom stereocenters. The fraction of sp³-hybridized carbons (Fsp3) is 0.0714. The molecule has 0 heterocycles. The van der Waals surface area contributed by atoms with E-state index in [0.717, 1.165) is 0 Å². The van der Waals surface area contributed by atoms with Gasteiger partial charge in [0.2, 0.25) is 0 Å². The second-order valence-corrected chi connectivity index (χ2v) is 3.62. The van der Waals surface area contributed by atoms with Crippen molar-refractivity contribution in [3.05, 3.63) is 71.8 Å². The number of benzene rings is 2. The van der Waals surface area contributed by atoms with Crippen molar-refractivity contribution in [2.45, 2.75) is 5.60 Å². The van der Waals surface area contributed by atoms with Gasteiger partial charge in [-0.05, 0) is 11.1 Å². The van der Waals surface area contributed by atoms with Crippen molar-refractivity contribution in [3.8, 4) is 0 Å². The largest absolute Gasteiger partial charge is 0.373 e. The van der Waals surface area contributed by atoms with Gasteiger partial charge in [0.1, 0.15) is 0 Å². The van der Waals surface area contributed by atoms with Crippen molar-refractivity contribution < 1.29 is 9.90 Å². The van der Waals surface area contributed by atoms with Crippen molar-refractivity contribution >= 4 is 6.29 Å². The van der Waals surface area contributed by atoms with Crippen LogP contribution in [0.5, 0.6) is 0 Å². The number of rotatable bonds is 3. The molecule has 0 aliphatic carbocycles. The van der Waals surface area contributed by atoms with Gasteiger partial charge in [0.25, 0.3) is 0 Å². The van der Waals surface area contributed by atoms with E-state index in [2.05, 4.69) is 0 Å². The van der Waals surface area contributed by atoms with E-state index in [1.54, 1.807) is 48.5 Å². The molecule has 0 saturated heterocycles. The zero-order chi connectivity index (χ0) is 11.4. The Morgan fingerprint density at radius 1 is 0.812 bits per heavy atom. The van der Waals surface area contributed by atoms with Crippen molar-refractivity contribution in [2.75, 3.05) is 0 Å². The highest BCUT2D eigenvalue weighted by Gasteiger charge is 2.30. The van der Waals surface area contributed by atoms with Crippen LogP contribution < -0.4 is 0 Å². The van der Waals surface area contributed by atoms with Crippen LogP contribution >= 0.6 is 0 Å². The summed E-state index contributed by atoms with van der Waals surface area (Å²) in [6, 6.07) is 17.8. The topological polar surface area (TPSA) is 37.3 Å². The van der Waals surface area contributed by atoms with Crippen LogP contribution in [0.3, 0.4) is 0 Å². The molecule has 2 aromatic carbocycles. The number of hydrogen-bond acceptors (Lipinski definition) is 2. The molecule has 0 spiro atoms. The van der Waals surface area contributed by atoms with E-state index in [1.807, 2.05) is 12.1 Å². The predicted molar refractivity (Wildman–Crippen MR) is 61.9 cm³/mol. The monoisotopic (exact) mass is 212 g/mol. The molecule has 2 heteroatoms. The number of aldehydes is 1. The Labute approximate surface area is 94.2 Å². The fourth-order valence-corrected chi connectivity index (χ4v) is 1.69. The summed E-state index contributed by atoms with van der Waals surface area (Å²) in [4.78, 5) is 11.2. The molecular weight excluding hydrogens is 200 g/mol. The SMILES string of the molecule is O=CC(O)(c1ccccc1)c1ccccc1. The van der Waals surface area contributed by atoms with Crippen molar-refractivity contribution in [1.82, 2.24) is 0 Å². The van der Waals surface area contributed by atoms with Gasteiger partial charge >= 0.3 is 0 Å². The maximum Gasteiger partial charge on any atom is 0.170 e. The number of carbonyl (C=O) groups excluding carboxylic acids is 1. The van der Waals surface area contributed by atoms with Crippen LogP contribution in [0.15, 0.2) is 60.7 Å². The summed E-state index contributed by atoms with van der Waals surface area (Å²) in [7, 11) is 0. The lowest BCUT2D eigenvalue weighted by Crippen LogP contribution is -2.28. The molecule has 16 heavy (non-hydrogen) atoms. The summed E-state index contributed by atoms with van der Waals surface area (Å²) in [6.07, 6.45) is 0.567. The Hall–Kier alpha value is -1.93. The predicted octanol–water partition coefficient (Wildman–Crippen LogP) is 2.12. The van der Waals surface area contributed by atoms with Crippen molar-refractivity contribution in [2.24, 2.45) is 0 Å². The summed E-state index contributed by atoms with van der Waals surface area (Å²) in [5.41, 5.74) is -0.393. The van der Waals surface area contributed by atoms with Gasteiger partial charge in [-0.25, -0.2) is 0 Å². The van der Waals surface area contributed by atoms with Crippen molar-refractivity contribution in [1.29, 1.82) is 0 Å². The molecular formula is C14H12O2. The van der Waals surface area contributed by atoms with Gasteiger partial charge in [0.15, 0.2) is 11.9 Å². The molecule has 0 aliphatic heterocycles. The lowest BCUT2D eigenvalue weighted by Gasteiger charge is -2.22. The molecule has 0 bridgehead atoms. The third-order valence-corrected chi connectivity index (χ3v) is 2.60. The molecule has 1 N–H and O–H groups in total. The van der Waals surface area contributed by atoms with Gasteiger partial charge in [-0.1, -0.05) is 60.7 Å². The molecule has 0 aliphatic rings. The van der Waals surface area contributed by atoms with E-state index in [9.17, 15) is 9.90 Å². The van der Waals surface area contributed by atoms with E-state index in [-0.39, 0.29) is 0 Å². The first-order valence-electron chi connectivity index (χ1n) is 5.07. The summed E-state index contributed by atoms with van der Waals surface area (Å²) in [6.45, 7) is 0. The second-order valence-electron chi connectivity index (χ2n) is 3.62. The van der Waals surface area contributed by atoms with Crippen LogP contribution in [0.2, 0.25) is 0 Å². The van der Waals surface area contributed by atoms with Gasteiger partial charge < -0.3 is 5.11 Å². The zero-order valence-electron chi connectivity index (χ0n) is 8.71. The van der Waals surface area contributed by atoms with E-state index < -0.39 is 5.60 Å². The van der Waals surface area contributed by atoms with E-state index in [0.29, 0.717) is 17.4 Å². The van der Waals surface area contributed by atoms with Crippen LogP contribution in [0, 0.1) is 0 Å².